The van der Waals surface area contributed by atoms with Gasteiger partial charge in [-0.1, -0.05) is 30.3 Å². The van der Waals surface area contributed by atoms with Gasteiger partial charge in [0.05, 0.1) is 13.7 Å². The fourth-order valence-electron chi connectivity index (χ4n) is 2.41. The van der Waals surface area contributed by atoms with Crippen molar-refractivity contribution in [2.45, 2.75) is 6.10 Å². The lowest BCUT2D eigenvalue weighted by Crippen LogP contribution is -2.40. The molecule has 3 rings (SSSR count). The number of ether oxygens (including phenoxy) is 3. The van der Waals surface area contributed by atoms with Gasteiger partial charge in [-0.15, -0.1) is 0 Å². The summed E-state index contributed by atoms with van der Waals surface area (Å²) in [6.07, 6.45) is 3.00. The van der Waals surface area contributed by atoms with Crippen LogP contribution in [0.1, 0.15) is 5.56 Å². The molecule has 2 aromatic carbocycles. The number of carbonyl (C=O) groups is 1. The molecule has 0 spiro atoms. The van der Waals surface area contributed by atoms with Crippen molar-refractivity contribution >= 4 is 12.0 Å². The second-order valence-corrected chi connectivity index (χ2v) is 5.32. The maximum Gasteiger partial charge on any atom is 0.244 e. The minimum absolute atomic E-state index is 0.191. The summed E-state index contributed by atoms with van der Waals surface area (Å²) in [7, 11) is 1.60. The minimum atomic E-state index is -0.205. The maximum absolute atomic E-state index is 12.0. The van der Waals surface area contributed by atoms with Gasteiger partial charge in [0.25, 0.3) is 0 Å². The van der Waals surface area contributed by atoms with E-state index in [-0.39, 0.29) is 12.0 Å². The Balaban J connectivity index is 1.52. The number of hydrogen-bond acceptors (Lipinski definition) is 4. The quantitative estimate of drug-likeness (QED) is 0.859. The fourth-order valence-corrected chi connectivity index (χ4v) is 2.41. The van der Waals surface area contributed by atoms with Gasteiger partial charge >= 0.3 is 0 Å². The second-order valence-electron chi connectivity index (χ2n) is 5.32. The summed E-state index contributed by atoms with van der Waals surface area (Å²) in [5.74, 6) is 1.97. The molecule has 2 aromatic rings. The topological polar surface area (TPSA) is 56.8 Å². The van der Waals surface area contributed by atoms with E-state index in [0.29, 0.717) is 18.9 Å². The summed E-state index contributed by atoms with van der Waals surface area (Å²) in [6.45, 7) is 0.789. The van der Waals surface area contributed by atoms with Crippen LogP contribution >= 0.6 is 0 Å². The van der Waals surface area contributed by atoms with Crippen molar-refractivity contribution in [1.29, 1.82) is 0 Å². The van der Waals surface area contributed by atoms with Crippen LogP contribution in [-0.2, 0) is 4.79 Å². The predicted molar refractivity (Wildman–Crippen MR) is 91.4 cm³/mol. The third-order valence-corrected chi connectivity index (χ3v) is 3.62. The van der Waals surface area contributed by atoms with Crippen molar-refractivity contribution < 1.29 is 19.0 Å². The first-order valence-corrected chi connectivity index (χ1v) is 7.73. The molecule has 0 unspecified atom stereocenters. The van der Waals surface area contributed by atoms with Crippen molar-refractivity contribution in [3.8, 4) is 17.2 Å². The lowest BCUT2D eigenvalue weighted by Gasteiger charge is -2.26. The summed E-state index contributed by atoms with van der Waals surface area (Å²) >= 11 is 0. The zero-order valence-corrected chi connectivity index (χ0v) is 13.4. The predicted octanol–water partition coefficient (Wildman–Crippen LogP) is 2.66. The Bertz CT molecular complexity index is 742. The van der Waals surface area contributed by atoms with Crippen LogP contribution in [0.15, 0.2) is 54.6 Å². The highest BCUT2D eigenvalue weighted by molar-refractivity contribution is 5.92. The molecule has 1 amide bonds. The smallest absolute Gasteiger partial charge is 0.244 e. The lowest BCUT2D eigenvalue weighted by atomic mass is 10.2. The Morgan fingerprint density at radius 1 is 1.21 bits per heavy atom. The van der Waals surface area contributed by atoms with Gasteiger partial charge < -0.3 is 19.5 Å². The highest BCUT2D eigenvalue weighted by Crippen LogP contribution is 2.30. The van der Waals surface area contributed by atoms with Crippen molar-refractivity contribution in [2.75, 3.05) is 20.3 Å². The molecular weight excluding hydrogens is 306 g/mol. The number of para-hydroxylation sites is 3. The van der Waals surface area contributed by atoms with Gasteiger partial charge in [0, 0.05) is 11.6 Å². The van der Waals surface area contributed by atoms with E-state index >= 15 is 0 Å². The van der Waals surface area contributed by atoms with Crippen LogP contribution in [-0.4, -0.2) is 32.3 Å². The second kappa shape index (κ2) is 7.55. The molecule has 1 N–H and O–H groups in total. The number of benzene rings is 2. The van der Waals surface area contributed by atoms with Crippen LogP contribution in [0.5, 0.6) is 17.2 Å². The molecule has 5 heteroatoms. The van der Waals surface area contributed by atoms with Crippen LogP contribution in [0.4, 0.5) is 0 Å². The number of carbonyl (C=O) groups excluding carboxylic acids is 1. The molecule has 24 heavy (non-hydrogen) atoms. The van der Waals surface area contributed by atoms with Crippen LogP contribution in [0.25, 0.3) is 6.08 Å². The van der Waals surface area contributed by atoms with Crippen molar-refractivity contribution in [3.05, 3.63) is 60.2 Å². The molecule has 1 heterocycles. The van der Waals surface area contributed by atoms with Gasteiger partial charge in [-0.05, 0) is 24.3 Å². The largest absolute Gasteiger partial charge is 0.496 e. The summed E-state index contributed by atoms with van der Waals surface area (Å²) in [5, 5.41) is 2.82. The third-order valence-electron chi connectivity index (χ3n) is 3.62. The first-order chi connectivity index (χ1) is 11.8. The molecule has 0 bridgehead atoms. The van der Waals surface area contributed by atoms with E-state index in [1.165, 1.54) is 6.08 Å². The van der Waals surface area contributed by atoms with Crippen LogP contribution in [0, 0.1) is 0 Å². The van der Waals surface area contributed by atoms with E-state index in [4.69, 9.17) is 14.2 Å². The van der Waals surface area contributed by atoms with Gasteiger partial charge in [-0.25, -0.2) is 0 Å². The molecule has 1 aliphatic rings. The number of methoxy groups -OCH3 is 1. The van der Waals surface area contributed by atoms with E-state index in [9.17, 15) is 4.79 Å². The monoisotopic (exact) mass is 325 g/mol. The molecule has 0 saturated carbocycles. The van der Waals surface area contributed by atoms with E-state index in [1.54, 1.807) is 13.2 Å². The SMILES string of the molecule is COc1ccccc1/C=C/C(=O)NC[C@@H]1COc2ccccc2O1. The normalized spacial score (nSPS) is 16.0. The van der Waals surface area contributed by atoms with E-state index in [2.05, 4.69) is 5.32 Å². The summed E-state index contributed by atoms with van der Waals surface area (Å²) in [5.41, 5.74) is 0.848. The van der Waals surface area contributed by atoms with Crippen molar-refractivity contribution in [1.82, 2.24) is 5.32 Å². The molecular formula is C19H19NO4. The number of hydrogen-bond donors (Lipinski definition) is 1. The Hall–Kier alpha value is -2.95. The number of amides is 1. The Morgan fingerprint density at radius 3 is 2.79 bits per heavy atom. The molecule has 0 aromatic heterocycles. The Labute approximate surface area is 140 Å². The van der Waals surface area contributed by atoms with Crippen LogP contribution in [0.3, 0.4) is 0 Å². The summed E-state index contributed by atoms with van der Waals surface area (Å²) in [4.78, 5) is 12.0. The summed E-state index contributed by atoms with van der Waals surface area (Å²) in [6, 6.07) is 15.0. The van der Waals surface area contributed by atoms with Gasteiger partial charge in [0.2, 0.25) is 5.91 Å². The Morgan fingerprint density at radius 2 is 1.96 bits per heavy atom. The minimum Gasteiger partial charge on any atom is -0.496 e. The highest BCUT2D eigenvalue weighted by Gasteiger charge is 2.20. The molecule has 5 nitrogen and oxygen atoms in total. The third kappa shape index (κ3) is 3.87. The molecule has 0 aliphatic carbocycles. The zero-order chi connectivity index (χ0) is 16.8. The van der Waals surface area contributed by atoms with E-state index in [1.807, 2.05) is 48.5 Å². The first-order valence-electron chi connectivity index (χ1n) is 7.73. The average Bonchev–Trinajstić information content (AvgIpc) is 2.64. The number of nitrogens with one attached hydrogen (secondary N) is 1. The molecule has 1 aliphatic heterocycles. The molecule has 0 fully saturated rings. The van der Waals surface area contributed by atoms with E-state index in [0.717, 1.165) is 17.1 Å². The van der Waals surface area contributed by atoms with Crippen LogP contribution < -0.4 is 19.5 Å². The highest BCUT2D eigenvalue weighted by atomic mass is 16.6. The van der Waals surface area contributed by atoms with E-state index < -0.39 is 0 Å². The van der Waals surface area contributed by atoms with Crippen LogP contribution in [0.2, 0.25) is 0 Å². The summed E-state index contributed by atoms with van der Waals surface area (Å²) < 4.78 is 16.7. The standard InChI is InChI=1S/C19H19NO4/c1-22-16-7-3-2-6-14(16)10-11-19(21)20-12-15-13-23-17-8-4-5-9-18(17)24-15/h2-11,15H,12-13H2,1H3,(H,20,21)/b11-10+/t15-/m1/s1. The fraction of sp³-hybridized carbons (Fsp3) is 0.211. The Kier molecular flexibility index (Phi) is 5.01. The maximum atomic E-state index is 12.0. The van der Waals surface area contributed by atoms with Gasteiger partial charge in [0.15, 0.2) is 11.5 Å². The van der Waals surface area contributed by atoms with Gasteiger partial charge in [-0.3, -0.25) is 4.79 Å². The number of fused-ring (bicyclic) bond motifs is 1. The lowest BCUT2D eigenvalue weighted by molar-refractivity contribution is -0.116. The molecule has 124 valence electrons. The average molecular weight is 325 g/mol. The van der Waals surface area contributed by atoms with Crippen molar-refractivity contribution in [2.24, 2.45) is 0 Å². The number of rotatable bonds is 5. The first kappa shape index (κ1) is 15.9. The van der Waals surface area contributed by atoms with Crippen molar-refractivity contribution in [3.63, 3.8) is 0 Å². The zero-order valence-electron chi connectivity index (χ0n) is 13.4. The van der Waals surface area contributed by atoms with Gasteiger partial charge in [-0.2, -0.15) is 0 Å². The van der Waals surface area contributed by atoms with Gasteiger partial charge in [0.1, 0.15) is 18.5 Å². The molecule has 0 radical (unpaired) electrons. The molecule has 1 atom stereocenters. The molecule has 0 saturated heterocycles.